The summed E-state index contributed by atoms with van der Waals surface area (Å²) < 4.78 is 0. The van der Waals surface area contributed by atoms with Gasteiger partial charge in [-0.3, -0.25) is 10.1 Å². The summed E-state index contributed by atoms with van der Waals surface area (Å²) in [5.74, 6) is 0. The minimum absolute atomic E-state index is 0.0258. The number of halogens is 1. The molecule has 1 unspecified atom stereocenters. The summed E-state index contributed by atoms with van der Waals surface area (Å²) in [6.07, 6.45) is 2.15. The van der Waals surface area contributed by atoms with Crippen LogP contribution < -0.4 is 4.90 Å². The van der Waals surface area contributed by atoms with Gasteiger partial charge in [-0.1, -0.05) is 17.7 Å². The Morgan fingerprint density at radius 1 is 1.56 bits per heavy atom. The van der Waals surface area contributed by atoms with E-state index in [0.717, 1.165) is 19.4 Å². The number of rotatable bonds is 2. The average molecular weight is 241 g/mol. The Morgan fingerprint density at radius 3 is 2.88 bits per heavy atom. The van der Waals surface area contributed by atoms with Gasteiger partial charge in [0.15, 0.2) is 0 Å². The molecule has 1 aromatic rings. The Hall–Kier alpha value is -1.29. The van der Waals surface area contributed by atoms with Crippen molar-refractivity contribution < 1.29 is 4.92 Å². The SMILES string of the molecule is CC1CCCN1c1cccc(Cl)c1[N+](=O)[O-]. The predicted molar refractivity (Wildman–Crippen MR) is 64.1 cm³/mol. The van der Waals surface area contributed by atoms with Crippen molar-refractivity contribution in [2.45, 2.75) is 25.8 Å². The van der Waals surface area contributed by atoms with Crippen LogP contribution >= 0.6 is 11.6 Å². The molecule has 2 rings (SSSR count). The van der Waals surface area contributed by atoms with Crippen molar-refractivity contribution in [3.63, 3.8) is 0 Å². The highest BCUT2D eigenvalue weighted by Gasteiger charge is 2.28. The van der Waals surface area contributed by atoms with E-state index >= 15 is 0 Å². The van der Waals surface area contributed by atoms with Crippen LogP contribution in [-0.2, 0) is 0 Å². The Balaban J connectivity index is 2.47. The molecule has 1 aliphatic heterocycles. The van der Waals surface area contributed by atoms with Crippen molar-refractivity contribution in [1.29, 1.82) is 0 Å². The summed E-state index contributed by atoms with van der Waals surface area (Å²) in [4.78, 5) is 12.7. The molecule has 1 saturated heterocycles. The van der Waals surface area contributed by atoms with Gasteiger partial charge < -0.3 is 4.90 Å². The summed E-state index contributed by atoms with van der Waals surface area (Å²) >= 11 is 5.88. The molecule has 0 N–H and O–H groups in total. The van der Waals surface area contributed by atoms with Crippen LogP contribution in [-0.4, -0.2) is 17.5 Å². The molecule has 1 heterocycles. The normalized spacial score (nSPS) is 20.1. The lowest BCUT2D eigenvalue weighted by Crippen LogP contribution is -2.26. The van der Waals surface area contributed by atoms with E-state index in [0.29, 0.717) is 11.7 Å². The zero-order chi connectivity index (χ0) is 11.7. The number of nitro groups is 1. The standard InChI is InChI=1S/C11H13ClN2O2/c1-8-4-3-7-13(8)10-6-2-5-9(12)11(10)14(15)16/h2,5-6,8H,3-4,7H2,1H3. The summed E-state index contributed by atoms with van der Waals surface area (Å²) in [5.41, 5.74) is 0.667. The fraction of sp³-hybridized carbons (Fsp3) is 0.455. The molecule has 1 aromatic carbocycles. The smallest absolute Gasteiger partial charge is 0.310 e. The molecule has 1 atom stereocenters. The Kier molecular flexibility index (Phi) is 3.01. The summed E-state index contributed by atoms with van der Waals surface area (Å²) in [6.45, 7) is 2.94. The fourth-order valence-corrected chi connectivity index (χ4v) is 2.45. The minimum atomic E-state index is -0.400. The molecular weight excluding hydrogens is 228 g/mol. The number of hydrogen-bond acceptors (Lipinski definition) is 3. The molecule has 0 bridgehead atoms. The first kappa shape index (κ1) is 11.2. The number of para-hydroxylation sites is 1. The predicted octanol–water partition coefficient (Wildman–Crippen LogP) is 3.24. The first-order valence-electron chi connectivity index (χ1n) is 5.31. The van der Waals surface area contributed by atoms with Crippen LogP contribution in [0.5, 0.6) is 0 Å². The van der Waals surface area contributed by atoms with Crippen molar-refractivity contribution in [3.05, 3.63) is 33.3 Å². The molecule has 0 aromatic heterocycles. The van der Waals surface area contributed by atoms with Gasteiger partial charge in [0, 0.05) is 12.6 Å². The maximum absolute atomic E-state index is 11.0. The lowest BCUT2D eigenvalue weighted by atomic mass is 10.2. The summed E-state index contributed by atoms with van der Waals surface area (Å²) in [6, 6.07) is 5.43. The molecule has 1 fully saturated rings. The minimum Gasteiger partial charge on any atom is -0.363 e. The highest BCUT2D eigenvalue weighted by molar-refractivity contribution is 6.33. The molecule has 0 spiro atoms. The third-order valence-corrected chi connectivity index (χ3v) is 3.32. The molecule has 5 heteroatoms. The third kappa shape index (κ3) is 1.85. The van der Waals surface area contributed by atoms with E-state index in [2.05, 4.69) is 11.8 Å². The van der Waals surface area contributed by atoms with E-state index in [1.54, 1.807) is 18.2 Å². The van der Waals surface area contributed by atoms with Crippen LogP contribution in [0.15, 0.2) is 18.2 Å². The number of nitro benzene ring substituents is 1. The van der Waals surface area contributed by atoms with Crippen LogP contribution in [0.3, 0.4) is 0 Å². The van der Waals surface area contributed by atoms with Crippen molar-refractivity contribution in [2.24, 2.45) is 0 Å². The van der Waals surface area contributed by atoms with Crippen molar-refractivity contribution in [1.82, 2.24) is 0 Å². The first-order valence-corrected chi connectivity index (χ1v) is 5.68. The van der Waals surface area contributed by atoms with Gasteiger partial charge in [0.1, 0.15) is 10.7 Å². The maximum atomic E-state index is 11.0. The molecule has 16 heavy (non-hydrogen) atoms. The van der Waals surface area contributed by atoms with E-state index in [1.807, 2.05) is 0 Å². The quantitative estimate of drug-likeness (QED) is 0.589. The highest BCUT2D eigenvalue weighted by Crippen LogP contribution is 2.38. The molecule has 0 aliphatic carbocycles. The largest absolute Gasteiger partial charge is 0.363 e. The van der Waals surface area contributed by atoms with Gasteiger partial charge >= 0.3 is 5.69 Å². The highest BCUT2D eigenvalue weighted by atomic mass is 35.5. The van der Waals surface area contributed by atoms with Crippen LogP contribution in [0.1, 0.15) is 19.8 Å². The van der Waals surface area contributed by atoms with Crippen LogP contribution in [0, 0.1) is 10.1 Å². The van der Waals surface area contributed by atoms with Crippen molar-refractivity contribution >= 4 is 23.0 Å². The topological polar surface area (TPSA) is 46.4 Å². The maximum Gasteiger partial charge on any atom is 0.310 e. The van der Waals surface area contributed by atoms with Gasteiger partial charge in [-0.2, -0.15) is 0 Å². The van der Waals surface area contributed by atoms with E-state index in [4.69, 9.17) is 11.6 Å². The zero-order valence-electron chi connectivity index (χ0n) is 9.02. The van der Waals surface area contributed by atoms with Gasteiger partial charge in [-0.15, -0.1) is 0 Å². The monoisotopic (exact) mass is 240 g/mol. The van der Waals surface area contributed by atoms with Gasteiger partial charge in [0.05, 0.1) is 4.92 Å². The molecule has 0 amide bonds. The zero-order valence-corrected chi connectivity index (χ0v) is 9.78. The number of hydrogen-bond donors (Lipinski definition) is 0. The number of anilines is 1. The molecule has 4 nitrogen and oxygen atoms in total. The molecule has 0 radical (unpaired) electrons. The lowest BCUT2D eigenvalue weighted by Gasteiger charge is -2.23. The molecular formula is C11H13ClN2O2. The van der Waals surface area contributed by atoms with E-state index < -0.39 is 4.92 Å². The van der Waals surface area contributed by atoms with Gasteiger partial charge in [-0.25, -0.2) is 0 Å². The Morgan fingerprint density at radius 2 is 2.31 bits per heavy atom. The third-order valence-electron chi connectivity index (χ3n) is 3.01. The first-order chi connectivity index (χ1) is 7.61. The van der Waals surface area contributed by atoms with Crippen LogP contribution in [0.4, 0.5) is 11.4 Å². The molecule has 86 valence electrons. The van der Waals surface area contributed by atoms with Crippen LogP contribution in [0.25, 0.3) is 0 Å². The van der Waals surface area contributed by atoms with Gasteiger partial charge in [0.2, 0.25) is 0 Å². The lowest BCUT2D eigenvalue weighted by molar-refractivity contribution is -0.384. The van der Waals surface area contributed by atoms with E-state index in [-0.39, 0.29) is 10.7 Å². The van der Waals surface area contributed by atoms with E-state index in [1.165, 1.54) is 0 Å². The Labute approximate surface area is 99.0 Å². The fourth-order valence-electron chi connectivity index (χ4n) is 2.21. The number of benzene rings is 1. The molecule has 0 saturated carbocycles. The Bertz CT molecular complexity index is 422. The van der Waals surface area contributed by atoms with Gasteiger partial charge in [-0.05, 0) is 31.9 Å². The summed E-state index contributed by atoms with van der Waals surface area (Å²) in [7, 11) is 0. The van der Waals surface area contributed by atoms with Gasteiger partial charge in [0.25, 0.3) is 0 Å². The summed E-state index contributed by atoms with van der Waals surface area (Å²) in [5, 5.41) is 11.2. The van der Waals surface area contributed by atoms with Crippen LogP contribution in [0.2, 0.25) is 5.02 Å². The van der Waals surface area contributed by atoms with Crippen molar-refractivity contribution in [3.8, 4) is 0 Å². The average Bonchev–Trinajstić information content (AvgIpc) is 2.63. The van der Waals surface area contributed by atoms with E-state index in [9.17, 15) is 10.1 Å². The molecule has 1 aliphatic rings. The van der Waals surface area contributed by atoms with Crippen molar-refractivity contribution in [2.75, 3.05) is 11.4 Å². The number of nitrogens with zero attached hydrogens (tertiary/aromatic N) is 2. The second-order valence-electron chi connectivity index (χ2n) is 4.05. The second-order valence-corrected chi connectivity index (χ2v) is 4.46. The second kappa shape index (κ2) is 4.29.